The molecule has 0 aliphatic heterocycles. The first-order valence-electron chi connectivity index (χ1n) is 13.1. The third kappa shape index (κ3) is 10.6. The molecule has 0 N–H and O–H groups in total. The van der Waals surface area contributed by atoms with Crippen LogP contribution >= 0.6 is 0 Å². The van der Waals surface area contributed by atoms with Gasteiger partial charge in [-0.05, 0) is 26.2 Å². The number of carbonyl (C=O) groups excluding carboxylic acids is 1. The van der Waals surface area contributed by atoms with Crippen LogP contribution in [0.3, 0.4) is 0 Å². The molecule has 0 radical (unpaired) electrons. The molecule has 1 rings (SSSR count). The number of rotatable bonds is 20. The molecule has 0 spiro atoms. The van der Waals surface area contributed by atoms with Crippen LogP contribution in [0.2, 0.25) is 0 Å². The van der Waals surface area contributed by atoms with E-state index >= 15 is 0 Å². The summed E-state index contributed by atoms with van der Waals surface area (Å²) in [5, 5.41) is 11.7. The second-order valence-corrected chi connectivity index (χ2v) is 8.84. The molecule has 0 unspecified atom stereocenters. The molecular formula is C26H46N2O4. The van der Waals surface area contributed by atoms with Gasteiger partial charge in [-0.25, -0.2) is 4.79 Å². The topological polar surface area (TPSA) is 74.4 Å². The highest BCUT2D eigenvalue weighted by Gasteiger charge is 2.26. The van der Waals surface area contributed by atoms with Crippen molar-refractivity contribution in [2.45, 2.75) is 130 Å². The molecule has 6 nitrogen and oxygen atoms in total. The van der Waals surface area contributed by atoms with E-state index in [1.165, 1.54) is 63.9 Å². The highest BCUT2D eigenvalue weighted by molar-refractivity contribution is 5.89. The van der Waals surface area contributed by atoms with E-state index in [9.17, 15) is 14.9 Å². The Bertz CT molecular complexity index is 654. The van der Waals surface area contributed by atoms with Crippen molar-refractivity contribution < 1.29 is 14.5 Å². The van der Waals surface area contributed by atoms with Crippen molar-refractivity contribution in [1.29, 1.82) is 0 Å². The molecule has 0 aliphatic rings. The number of esters is 1. The Hall–Kier alpha value is -1.85. The van der Waals surface area contributed by atoms with Gasteiger partial charge in [0.05, 0.1) is 17.2 Å². The minimum atomic E-state index is -0.462. The van der Waals surface area contributed by atoms with Gasteiger partial charge >= 0.3 is 5.97 Å². The van der Waals surface area contributed by atoms with Crippen LogP contribution in [0.4, 0.5) is 5.69 Å². The minimum absolute atomic E-state index is 0.0654. The van der Waals surface area contributed by atoms with Gasteiger partial charge in [-0.2, -0.15) is 0 Å². The van der Waals surface area contributed by atoms with Crippen LogP contribution in [0.15, 0.2) is 6.07 Å². The quantitative estimate of drug-likeness (QED) is 0.0872. The normalized spacial score (nSPS) is 11.1. The van der Waals surface area contributed by atoms with Gasteiger partial charge in [-0.15, -0.1) is 0 Å². The summed E-state index contributed by atoms with van der Waals surface area (Å²) in [6, 6.07) is 1.42. The Labute approximate surface area is 195 Å². The van der Waals surface area contributed by atoms with Crippen LogP contribution in [0, 0.1) is 10.1 Å². The summed E-state index contributed by atoms with van der Waals surface area (Å²) in [4.78, 5) is 23.8. The lowest BCUT2D eigenvalue weighted by molar-refractivity contribution is -0.385. The molecule has 0 bridgehead atoms. The molecule has 0 amide bonds. The average molecular weight is 451 g/mol. The van der Waals surface area contributed by atoms with E-state index in [1.807, 2.05) is 4.57 Å². The molecule has 32 heavy (non-hydrogen) atoms. The number of unbranched alkanes of at least 4 members (excludes halogenated alkanes) is 13. The highest BCUT2D eigenvalue weighted by Crippen LogP contribution is 2.27. The molecule has 0 fully saturated rings. The van der Waals surface area contributed by atoms with Crippen molar-refractivity contribution in [3.05, 3.63) is 27.6 Å². The van der Waals surface area contributed by atoms with Gasteiger partial charge in [0.2, 0.25) is 0 Å². The van der Waals surface area contributed by atoms with Crippen LogP contribution in [-0.4, -0.2) is 22.1 Å². The minimum Gasteiger partial charge on any atom is -0.461 e. The molecule has 0 aliphatic carbocycles. The summed E-state index contributed by atoms with van der Waals surface area (Å²) in [7, 11) is 0. The predicted octanol–water partition coefficient (Wildman–Crippen LogP) is 8.01. The molecule has 1 aromatic heterocycles. The molecule has 0 saturated heterocycles. The number of nitrogens with zero attached hydrogens (tertiary/aromatic N) is 2. The molecule has 0 atom stereocenters. The zero-order valence-corrected chi connectivity index (χ0v) is 20.8. The van der Waals surface area contributed by atoms with Gasteiger partial charge < -0.3 is 9.30 Å². The monoisotopic (exact) mass is 450 g/mol. The van der Waals surface area contributed by atoms with Crippen molar-refractivity contribution in [3.63, 3.8) is 0 Å². The number of ether oxygens (including phenoxy) is 1. The maximum Gasteiger partial charge on any atom is 0.355 e. The molecular weight excluding hydrogens is 404 g/mol. The SMILES string of the molecule is CCCCCCCCCCCCCc1c([N+](=O)[O-])cc(C(=O)OCC)n1CCCCCC. The van der Waals surface area contributed by atoms with Gasteiger partial charge in [-0.1, -0.05) is 97.3 Å². The van der Waals surface area contributed by atoms with E-state index in [0.29, 0.717) is 24.4 Å². The molecule has 184 valence electrons. The Kier molecular flexibility index (Phi) is 15.6. The highest BCUT2D eigenvalue weighted by atomic mass is 16.6. The fourth-order valence-electron chi connectivity index (χ4n) is 4.28. The maximum absolute atomic E-state index is 12.4. The number of hydrogen-bond donors (Lipinski definition) is 0. The second-order valence-electron chi connectivity index (χ2n) is 8.84. The Morgan fingerprint density at radius 3 is 1.84 bits per heavy atom. The van der Waals surface area contributed by atoms with Crippen molar-refractivity contribution in [2.75, 3.05) is 6.61 Å². The van der Waals surface area contributed by atoms with Crippen molar-refractivity contribution >= 4 is 11.7 Å². The number of hydrogen-bond acceptors (Lipinski definition) is 4. The molecule has 0 aromatic carbocycles. The van der Waals surface area contributed by atoms with E-state index in [2.05, 4.69) is 13.8 Å². The predicted molar refractivity (Wildman–Crippen MR) is 131 cm³/mol. The summed E-state index contributed by atoms with van der Waals surface area (Å²) in [6.45, 7) is 7.06. The fourth-order valence-corrected chi connectivity index (χ4v) is 4.28. The van der Waals surface area contributed by atoms with Gasteiger partial charge in [0.25, 0.3) is 5.69 Å². The fraction of sp³-hybridized carbons (Fsp3) is 0.808. The Morgan fingerprint density at radius 2 is 1.34 bits per heavy atom. The van der Waals surface area contributed by atoms with Crippen LogP contribution in [0.1, 0.15) is 133 Å². The molecule has 6 heteroatoms. The molecule has 1 aromatic rings. The van der Waals surface area contributed by atoms with E-state index in [-0.39, 0.29) is 17.2 Å². The van der Waals surface area contributed by atoms with Crippen molar-refractivity contribution in [3.8, 4) is 0 Å². The standard InChI is InChI=1S/C26H46N2O4/c1-4-7-9-11-12-13-14-15-16-17-18-20-23-24(28(30)31)22-25(26(29)32-6-3)27(23)21-19-10-8-5-2/h22H,4-21H2,1-3H3. The summed E-state index contributed by atoms with van der Waals surface area (Å²) in [6.07, 6.45) is 18.6. The Balaban J connectivity index is 2.61. The van der Waals surface area contributed by atoms with E-state index in [0.717, 1.165) is 38.5 Å². The summed E-state index contributed by atoms with van der Waals surface area (Å²) in [5.74, 6) is -0.462. The van der Waals surface area contributed by atoms with Gasteiger partial charge in [0, 0.05) is 12.6 Å². The first kappa shape index (κ1) is 28.2. The summed E-state index contributed by atoms with van der Waals surface area (Å²) < 4.78 is 7.04. The van der Waals surface area contributed by atoms with Gasteiger partial charge in [0.15, 0.2) is 0 Å². The lowest BCUT2D eigenvalue weighted by Gasteiger charge is -2.12. The van der Waals surface area contributed by atoms with Gasteiger partial charge in [0.1, 0.15) is 5.69 Å². The average Bonchev–Trinajstić information content (AvgIpc) is 3.14. The van der Waals surface area contributed by atoms with Crippen LogP contribution in [0.25, 0.3) is 0 Å². The zero-order valence-electron chi connectivity index (χ0n) is 20.8. The van der Waals surface area contributed by atoms with E-state index < -0.39 is 5.97 Å². The first-order chi connectivity index (χ1) is 15.6. The lowest BCUT2D eigenvalue weighted by Crippen LogP contribution is -2.14. The zero-order chi connectivity index (χ0) is 23.6. The van der Waals surface area contributed by atoms with Crippen LogP contribution in [0.5, 0.6) is 0 Å². The number of aromatic nitrogens is 1. The smallest absolute Gasteiger partial charge is 0.355 e. The van der Waals surface area contributed by atoms with Crippen molar-refractivity contribution in [1.82, 2.24) is 4.57 Å². The van der Waals surface area contributed by atoms with E-state index in [1.54, 1.807) is 6.92 Å². The molecule has 0 saturated carbocycles. The number of nitro groups is 1. The Morgan fingerprint density at radius 1 is 0.844 bits per heavy atom. The van der Waals surface area contributed by atoms with Crippen LogP contribution in [-0.2, 0) is 17.7 Å². The summed E-state index contributed by atoms with van der Waals surface area (Å²) >= 11 is 0. The van der Waals surface area contributed by atoms with Crippen LogP contribution < -0.4 is 0 Å². The second kappa shape index (κ2) is 17.7. The van der Waals surface area contributed by atoms with Crippen molar-refractivity contribution in [2.24, 2.45) is 0 Å². The van der Waals surface area contributed by atoms with Gasteiger partial charge in [-0.3, -0.25) is 10.1 Å². The van der Waals surface area contributed by atoms with E-state index in [4.69, 9.17) is 4.74 Å². The lowest BCUT2D eigenvalue weighted by atomic mass is 10.0. The molecule has 1 heterocycles. The third-order valence-corrected chi connectivity index (χ3v) is 6.12. The number of carbonyl (C=O) groups is 1. The third-order valence-electron chi connectivity index (χ3n) is 6.12. The largest absolute Gasteiger partial charge is 0.461 e. The first-order valence-corrected chi connectivity index (χ1v) is 13.1. The maximum atomic E-state index is 12.4. The summed E-state index contributed by atoms with van der Waals surface area (Å²) in [5.41, 5.74) is 1.08.